The van der Waals surface area contributed by atoms with Crippen LogP contribution in [-0.4, -0.2) is 29.2 Å². The van der Waals surface area contributed by atoms with Gasteiger partial charge in [-0.2, -0.15) is 0 Å². The van der Waals surface area contributed by atoms with Gasteiger partial charge in [0.2, 0.25) is 12.2 Å². The van der Waals surface area contributed by atoms with Crippen LogP contribution in [0, 0.1) is 0 Å². The van der Waals surface area contributed by atoms with E-state index >= 15 is 0 Å². The first-order valence-electron chi connectivity index (χ1n) is 5.63. The normalized spacial score (nSPS) is 18.8. The molecule has 2 rings (SSSR count). The number of rotatable bonds is 3. The average Bonchev–Trinajstić information content (AvgIpc) is 2.78. The number of imide groups is 1. The average molecular weight is 246 g/mol. The molecule has 1 saturated heterocycles. The number of nitrogens with zero attached hydrogens (tertiary/aromatic N) is 1. The molecular formula is C13H12NO4. The van der Waals surface area contributed by atoms with Gasteiger partial charge in [0, 0.05) is 6.42 Å². The number of amides is 2. The maximum Gasteiger partial charge on any atom is 0.417 e. The molecule has 1 aliphatic heterocycles. The van der Waals surface area contributed by atoms with E-state index in [0.717, 1.165) is 10.5 Å². The highest BCUT2D eigenvalue weighted by Gasteiger charge is 2.37. The molecule has 0 N–H and O–H groups in total. The Balaban J connectivity index is 1.95. The standard InChI is InChI=1S/C13H12NO4/c15-8-11-6-7-12(16)14(11)13(17)18-9-10-4-2-1-3-5-10/h1-5,11H,6-7,9H2/t11-/m0/s1. The van der Waals surface area contributed by atoms with Gasteiger partial charge in [0.05, 0.1) is 0 Å². The van der Waals surface area contributed by atoms with Gasteiger partial charge in [-0.3, -0.25) is 9.59 Å². The fraction of sp³-hybridized carbons (Fsp3) is 0.308. The second kappa shape index (κ2) is 5.44. The molecule has 93 valence electrons. The number of benzene rings is 1. The van der Waals surface area contributed by atoms with E-state index in [1.807, 2.05) is 30.3 Å². The van der Waals surface area contributed by atoms with Crippen LogP contribution in [0.25, 0.3) is 0 Å². The zero-order chi connectivity index (χ0) is 13.0. The van der Waals surface area contributed by atoms with Gasteiger partial charge in [-0.15, -0.1) is 0 Å². The lowest BCUT2D eigenvalue weighted by molar-refractivity contribution is -0.126. The Labute approximate surface area is 104 Å². The van der Waals surface area contributed by atoms with E-state index in [1.54, 1.807) is 6.29 Å². The molecule has 1 aliphatic rings. The number of ether oxygens (including phenoxy) is 1. The Bertz CT molecular complexity index is 457. The summed E-state index contributed by atoms with van der Waals surface area (Å²) in [7, 11) is 0. The van der Waals surface area contributed by atoms with E-state index in [1.165, 1.54) is 0 Å². The third-order valence-electron chi connectivity index (χ3n) is 2.75. The van der Waals surface area contributed by atoms with E-state index in [9.17, 15) is 14.4 Å². The Hall–Kier alpha value is -2.17. The number of carbonyl (C=O) groups excluding carboxylic acids is 3. The molecule has 0 aromatic heterocycles. The number of carbonyl (C=O) groups is 2. The van der Waals surface area contributed by atoms with E-state index in [0.29, 0.717) is 6.42 Å². The van der Waals surface area contributed by atoms with Crippen LogP contribution in [0.1, 0.15) is 18.4 Å². The lowest BCUT2D eigenvalue weighted by atomic mass is 10.2. The van der Waals surface area contributed by atoms with Crippen LogP contribution in [0.2, 0.25) is 0 Å². The topological polar surface area (TPSA) is 63.7 Å². The minimum absolute atomic E-state index is 0.0784. The molecule has 1 atom stereocenters. The number of hydrogen-bond donors (Lipinski definition) is 0. The van der Waals surface area contributed by atoms with E-state index in [-0.39, 0.29) is 18.9 Å². The summed E-state index contributed by atoms with van der Waals surface area (Å²) in [6, 6.07) is 8.32. The molecule has 0 spiro atoms. The van der Waals surface area contributed by atoms with Crippen molar-refractivity contribution in [3.05, 3.63) is 35.9 Å². The molecule has 18 heavy (non-hydrogen) atoms. The highest BCUT2D eigenvalue weighted by Crippen LogP contribution is 2.18. The fourth-order valence-electron chi connectivity index (χ4n) is 1.81. The number of hydrogen-bond acceptors (Lipinski definition) is 4. The van der Waals surface area contributed by atoms with Gasteiger partial charge >= 0.3 is 6.09 Å². The monoisotopic (exact) mass is 246 g/mol. The molecule has 1 aromatic carbocycles. The van der Waals surface area contributed by atoms with Crippen molar-refractivity contribution >= 4 is 18.3 Å². The molecule has 2 amide bonds. The summed E-state index contributed by atoms with van der Waals surface area (Å²) in [5.41, 5.74) is 0.823. The van der Waals surface area contributed by atoms with E-state index in [2.05, 4.69) is 0 Å². The maximum atomic E-state index is 11.7. The van der Waals surface area contributed by atoms with Crippen molar-refractivity contribution in [1.82, 2.24) is 4.90 Å². The Kier molecular flexibility index (Phi) is 3.72. The zero-order valence-corrected chi connectivity index (χ0v) is 9.67. The van der Waals surface area contributed by atoms with Crippen molar-refractivity contribution in [2.75, 3.05) is 0 Å². The molecule has 1 heterocycles. The van der Waals surface area contributed by atoms with Crippen LogP contribution in [-0.2, 0) is 20.9 Å². The van der Waals surface area contributed by atoms with Crippen LogP contribution in [0.5, 0.6) is 0 Å². The van der Waals surface area contributed by atoms with Crippen molar-refractivity contribution in [3.63, 3.8) is 0 Å². The largest absolute Gasteiger partial charge is 0.444 e. The molecule has 1 aromatic rings. The summed E-state index contributed by atoms with van der Waals surface area (Å²) >= 11 is 0. The molecular weight excluding hydrogens is 234 g/mol. The Morgan fingerprint density at radius 1 is 1.39 bits per heavy atom. The minimum Gasteiger partial charge on any atom is -0.444 e. The van der Waals surface area contributed by atoms with Gasteiger partial charge in [-0.05, 0) is 12.0 Å². The highest BCUT2D eigenvalue weighted by molar-refractivity contribution is 5.97. The summed E-state index contributed by atoms with van der Waals surface area (Å²) in [5, 5.41) is 0. The highest BCUT2D eigenvalue weighted by atomic mass is 16.6. The SMILES string of the molecule is O=[C][C@@H]1CCC(=O)N1C(=O)OCc1ccccc1. The van der Waals surface area contributed by atoms with Crippen LogP contribution in [0.15, 0.2) is 30.3 Å². The molecule has 0 unspecified atom stereocenters. The van der Waals surface area contributed by atoms with Crippen molar-refractivity contribution in [2.45, 2.75) is 25.5 Å². The quantitative estimate of drug-likeness (QED) is 0.809. The lowest BCUT2D eigenvalue weighted by Gasteiger charge is -2.17. The van der Waals surface area contributed by atoms with Crippen LogP contribution in [0.4, 0.5) is 4.79 Å². The van der Waals surface area contributed by atoms with Gasteiger partial charge < -0.3 is 4.74 Å². The first-order valence-corrected chi connectivity index (χ1v) is 5.63. The molecule has 0 bridgehead atoms. The lowest BCUT2D eigenvalue weighted by Crippen LogP contribution is -2.39. The summed E-state index contributed by atoms with van der Waals surface area (Å²) < 4.78 is 5.00. The Morgan fingerprint density at radius 2 is 2.11 bits per heavy atom. The van der Waals surface area contributed by atoms with Crippen molar-refractivity contribution in [3.8, 4) is 0 Å². The molecule has 0 aliphatic carbocycles. The van der Waals surface area contributed by atoms with Gasteiger partial charge in [0.25, 0.3) is 0 Å². The van der Waals surface area contributed by atoms with Crippen molar-refractivity contribution < 1.29 is 19.1 Å². The first kappa shape index (κ1) is 12.3. The van der Waals surface area contributed by atoms with E-state index < -0.39 is 12.1 Å². The third kappa shape index (κ3) is 2.56. The molecule has 5 nitrogen and oxygen atoms in total. The second-order valence-corrected chi connectivity index (χ2v) is 3.98. The predicted octanol–water partition coefficient (Wildman–Crippen LogP) is 1.42. The molecule has 0 saturated carbocycles. The zero-order valence-electron chi connectivity index (χ0n) is 9.67. The smallest absolute Gasteiger partial charge is 0.417 e. The second-order valence-electron chi connectivity index (χ2n) is 3.98. The Morgan fingerprint density at radius 3 is 2.78 bits per heavy atom. The van der Waals surface area contributed by atoms with Crippen LogP contribution in [0.3, 0.4) is 0 Å². The summed E-state index contributed by atoms with van der Waals surface area (Å²) in [6.07, 6.45) is 1.40. The number of likely N-dealkylation sites (tertiary alicyclic amines) is 1. The third-order valence-corrected chi connectivity index (χ3v) is 2.75. The van der Waals surface area contributed by atoms with Crippen LogP contribution >= 0.6 is 0 Å². The fourth-order valence-corrected chi connectivity index (χ4v) is 1.81. The summed E-state index contributed by atoms with van der Waals surface area (Å²) in [6.45, 7) is 0.0784. The maximum absolute atomic E-state index is 11.7. The summed E-state index contributed by atoms with van der Waals surface area (Å²) in [5.74, 6) is -0.388. The van der Waals surface area contributed by atoms with Gasteiger partial charge in [-0.25, -0.2) is 9.69 Å². The summed E-state index contributed by atoms with van der Waals surface area (Å²) in [4.78, 5) is 34.6. The first-order chi connectivity index (χ1) is 8.72. The van der Waals surface area contributed by atoms with E-state index in [4.69, 9.17) is 4.74 Å². The van der Waals surface area contributed by atoms with Crippen molar-refractivity contribution in [1.29, 1.82) is 0 Å². The minimum atomic E-state index is -0.805. The van der Waals surface area contributed by atoms with Crippen LogP contribution < -0.4 is 0 Å². The van der Waals surface area contributed by atoms with Gasteiger partial charge in [-0.1, -0.05) is 30.3 Å². The molecule has 5 heteroatoms. The molecule has 1 radical (unpaired) electrons. The van der Waals surface area contributed by atoms with Gasteiger partial charge in [0.1, 0.15) is 12.6 Å². The predicted molar refractivity (Wildman–Crippen MR) is 62.2 cm³/mol. The van der Waals surface area contributed by atoms with Gasteiger partial charge in [0.15, 0.2) is 0 Å². The molecule has 1 fully saturated rings. The van der Waals surface area contributed by atoms with Crippen molar-refractivity contribution in [2.24, 2.45) is 0 Å².